The molecule has 3 rings (SSSR count). The van der Waals surface area contributed by atoms with Gasteiger partial charge in [0.15, 0.2) is 0 Å². The first-order valence-electron chi connectivity index (χ1n) is 9.58. The van der Waals surface area contributed by atoms with Crippen LogP contribution in [0.3, 0.4) is 0 Å². The Labute approximate surface area is 164 Å². The SMILES string of the molecule is O=C(O)CCC(Cc1ccccc1)NC(=O)N(Cc1cccc(F)c1)C1CC1. The molecule has 0 heterocycles. The molecule has 0 aliphatic heterocycles. The number of nitrogens with zero attached hydrogens (tertiary/aromatic N) is 1. The van der Waals surface area contributed by atoms with Crippen LogP contribution in [0, 0.1) is 5.82 Å². The van der Waals surface area contributed by atoms with Crippen LogP contribution in [-0.4, -0.2) is 34.1 Å². The fourth-order valence-electron chi connectivity index (χ4n) is 3.26. The fourth-order valence-corrected chi connectivity index (χ4v) is 3.26. The molecule has 2 aromatic carbocycles. The topological polar surface area (TPSA) is 69.6 Å². The van der Waals surface area contributed by atoms with E-state index in [4.69, 9.17) is 5.11 Å². The molecule has 0 saturated heterocycles. The molecule has 1 unspecified atom stereocenters. The molecular formula is C22H25FN2O3. The summed E-state index contributed by atoms with van der Waals surface area (Å²) in [6.07, 6.45) is 2.78. The van der Waals surface area contributed by atoms with Crippen molar-refractivity contribution in [2.24, 2.45) is 0 Å². The van der Waals surface area contributed by atoms with Crippen LogP contribution in [0.2, 0.25) is 0 Å². The van der Waals surface area contributed by atoms with Gasteiger partial charge in [0.2, 0.25) is 0 Å². The summed E-state index contributed by atoms with van der Waals surface area (Å²) in [6.45, 7) is 0.339. The van der Waals surface area contributed by atoms with Gasteiger partial charge in [-0.2, -0.15) is 0 Å². The molecule has 1 fully saturated rings. The molecule has 148 valence electrons. The maximum atomic E-state index is 13.5. The Hall–Kier alpha value is -2.89. The summed E-state index contributed by atoms with van der Waals surface area (Å²) in [7, 11) is 0. The van der Waals surface area contributed by atoms with E-state index in [2.05, 4.69) is 5.32 Å². The summed E-state index contributed by atoms with van der Waals surface area (Å²) in [5, 5.41) is 12.0. The highest BCUT2D eigenvalue weighted by Crippen LogP contribution is 2.28. The average Bonchev–Trinajstić information content (AvgIpc) is 3.50. The van der Waals surface area contributed by atoms with Gasteiger partial charge >= 0.3 is 12.0 Å². The maximum Gasteiger partial charge on any atom is 0.318 e. The summed E-state index contributed by atoms with van der Waals surface area (Å²) in [5.74, 6) is -1.21. The number of hydrogen-bond acceptors (Lipinski definition) is 2. The second kappa shape index (κ2) is 9.35. The third-order valence-corrected chi connectivity index (χ3v) is 4.85. The second-order valence-corrected chi connectivity index (χ2v) is 7.26. The van der Waals surface area contributed by atoms with Crippen LogP contribution in [0.25, 0.3) is 0 Å². The number of carboxylic acid groups (broad SMARTS) is 1. The van der Waals surface area contributed by atoms with Gasteiger partial charge in [-0.3, -0.25) is 4.79 Å². The van der Waals surface area contributed by atoms with E-state index in [0.29, 0.717) is 19.4 Å². The first-order chi connectivity index (χ1) is 13.5. The largest absolute Gasteiger partial charge is 0.481 e. The molecule has 0 spiro atoms. The Bertz CT molecular complexity index is 808. The van der Waals surface area contributed by atoms with Crippen molar-refractivity contribution in [1.29, 1.82) is 0 Å². The van der Waals surface area contributed by atoms with Crippen molar-refractivity contribution in [3.05, 3.63) is 71.5 Å². The van der Waals surface area contributed by atoms with E-state index in [9.17, 15) is 14.0 Å². The van der Waals surface area contributed by atoms with Crippen LogP contribution in [-0.2, 0) is 17.8 Å². The number of benzene rings is 2. The molecule has 2 aromatic rings. The van der Waals surface area contributed by atoms with Crippen molar-refractivity contribution in [3.8, 4) is 0 Å². The predicted octanol–water partition coefficient (Wildman–Crippen LogP) is 3.98. The Balaban J connectivity index is 1.67. The van der Waals surface area contributed by atoms with Gasteiger partial charge in [0, 0.05) is 25.0 Å². The third-order valence-electron chi connectivity index (χ3n) is 4.85. The van der Waals surface area contributed by atoms with Crippen LogP contribution in [0.15, 0.2) is 54.6 Å². The van der Waals surface area contributed by atoms with E-state index in [1.807, 2.05) is 30.3 Å². The van der Waals surface area contributed by atoms with Crippen LogP contribution < -0.4 is 5.32 Å². The summed E-state index contributed by atoms with van der Waals surface area (Å²) in [4.78, 5) is 25.7. The summed E-state index contributed by atoms with van der Waals surface area (Å²) >= 11 is 0. The molecule has 1 aliphatic carbocycles. The lowest BCUT2D eigenvalue weighted by molar-refractivity contribution is -0.137. The van der Waals surface area contributed by atoms with Gasteiger partial charge in [-0.05, 0) is 48.9 Å². The number of aliphatic carboxylic acids is 1. The highest BCUT2D eigenvalue weighted by atomic mass is 19.1. The number of halogens is 1. The van der Waals surface area contributed by atoms with Crippen LogP contribution >= 0.6 is 0 Å². The van der Waals surface area contributed by atoms with Gasteiger partial charge in [-0.1, -0.05) is 42.5 Å². The molecule has 1 saturated carbocycles. The van der Waals surface area contributed by atoms with E-state index >= 15 is 0 Å². The highest BCUT2D eigenvalue weighted by Gasteiger charge is 2.33. The Kier molecular flexibility index (Phi) is 6.63. The summed E-state index contributed by atoms with van der Waals surface area (Å²) < 4.78 is 13.5. The van der Waals surface area contributed by atoms with Gasteiger partial charge in [0.1, 0.15) is 5.82 Å². The normalized spacial score (nSPS) is 14.3. The molecule has 2 amide bonds. The van der Waals surface area contributed by atoms with Gasteiger partial charge in [0.25, 0.3) is 0 Å². The lowest BCUT2D eigenvalue weighted by Gasteiger charge is -2.27. The van der Waals surface area contributed by atoms with Gasteiger partial charge in [0.05, 0.1) is 0 Å². The zero-order valence-corrected chi connectivity index (χ0v) is 15.7. The molecular weight excluding hydrogens is 359 g/mol. The van der Waals surface area contributed by atoms with E-state index < -0.39 is 5.97 Å². The first-order valence-corrected chi connectivity index (χ1v) is 9.58. The highest BCUT2D eigenvalue weighted by molar-refractivity contribution is 5.75. The number of hydrogen-bond donors (Lipinski definition) is 2. The number of nitrogens with one attached hydrogen (secondary N) is 1. The molecule has 28 heavy (non-hydrogen) atoms. The minimum Gasteiger partial charge on any atom is -0.481 e. The molecule has 0 radical (unpaired) electrons. The number of rotatable bonds is 9. The summed E-state index contributed by atoms with van der Waals surface area (Å²) in [5.41, 5.74) is 1.79. The van der Waals surface area contributed by atoms with Crippen molar-refractivity contribution in [3.63, 3.8) is 0 Å². The molecule has 6 heteroatoms. The second-order valence-electron chi connectivity index (χ2n) is 7.26. The lowest BCUT2D eigenvalue weighted by Crippen LogP contribution is -2.46. The number of amides is 2. The van der Waals surface area contributed by atoms with Crippen LogP contribution in [0.5, 0.6) is 0 Å². The summed E-state index contributed by atoms with van der Waals surface area (Å²) in [6, 6.07) is 15.6. The molecule has 0 aromatic heterocycles. The lowest BCUT2D eigenvalue weighted by atomic mass is 10.0. The number of urea groups is 1. The average molecular weight is 384 g/mol. The van der Waals surface area contributed by atoms with Crippen LogP contribution in [0.4, 0.5) is 9.18 Å². The van der Waals surface area contributed by atoms with Crippen molar-refractivity contribution in [2.45, 2.75) is 50.7 Å². The minimum absolute atomic E-state index is 0.00882. The van der Waals surface area contributed by atoms with E-state index in [1.165, 1.54) is 12.1 Å². The zero-order valence-electron chi connectivity index (χ0n) is 15.7. The Morgan fingerprint density at radius 2 is 1.82 bits per heavy atom. The predicted molar refractivity (Wildman–Crippen MR) is 104 cm³/mol. The van der Waals surface area contributed by atoms with Crippen molar-refractivity contribution < 1.29 is 19.1 Å². The quantitative estimate of drug-likeness (QED) is 0.687. The Morgan fingerprint density at radius 3 is 2.46 bits per heavy atom. The van der Waals surface area contributed by atoms with E-state index in [-0.39, 0.29) is 30.4 Å². The number of carboxylic acids is 1. The van der Waals surface area contributed by atoms with Crippen LogP contribution in [0.1, 0.15) is 36.8 Å². The molecule has 1 aliphatic rings. The fraction of sp³-hybridized carbons (Fsp3) is 0.364. The maximum absolute atomic E-state index is 13.5. The van der Waals surface area contributed by atoms with Gasteiger partial charge in [-0.15, -0.1) is 0 Å². The number of carbonyl (C=O) groups excluding carboxylic acids is 1. The van der Waals surface area contributed by atoms with Crippen molar-refractivity contribution >= 4 is 12.0 Å². The molecule has 0 bridgehead atoms. The minimum atomic E-state index is -0.883. The monoisotopic (exact) mass is 384 g/mol. The number of carbonyl (C=O) groups is 2. The van der Waals surface area contributed by atoms with Gasteiger partial charge < -0.3 is 15.3 Å². The van der Waals surface area contributed by atoms with E-state index in [1.54, 1.807) is 17.0 Å². The standard InChI is InChI=1S/C22H25FN2O3/c23-18-8-4-7-17(13-18)15-25(20-10-11-20)22(28)24-19(9-12-21(26)27)14-16-5-2-1-3-6-16/h1-8,13,19-20H,9-12,14-15H2,(H,24,28)(H,26,27). The smallest absolute Gasteiger partial charge is 0.318 e. The molecule has 5 nitrogen and oxygen atoms in total. The van der Waals surface area contributed by atoms with Crippen molar-refractivity contribution in [1.82, 2.24) is 10.2 Å². The molecule has 2 N–H and O–H groups in total. The Morgan fingerprint density at radius 1 is 1.11 bits per heavy atom. The molecule has 1 atom stereocenters. The van der Waals surface area contributed by atoms with Crippen molar-refractivity contribution in [2.75, 3.05) is 0 Å². The van der Waals surface area contributed by atoms with Gasteiger partial charge in [-0.25, -0.2) is 9.18 Å². The zero-order chi connectivity index (χ0) is 19.9. The third kappa shape index (κ3) is 6.08. The van der Waals surface area contributed by atoms with E-state index in [0.717, 1.165) is 24.0 Å². The first kappa shape index (κ1) is 19.9.